The zero-order chi connectivity index (χ0) is 24.4. The van der Waals surface area contributed by atoms with Gasteiger partial charge < -0.3 is 14.6 Å². The summed E-state index contributed by atoms with van der Waals surface area (Å²) >= 11 is 6.08. The summed E-state index contributed by atoms with van der Waals surface area (Å²) in [6.07, 6.45) is 2.85. The number of esters is 1. The van der Waals surface area contributed by atoms with E-state index in [-0.39, 0.29) is 12.0 Å². The molecule has 9 nitrogen and oxygen atoms in total. The summed E-state index contributed by atoms with van der Waals surface area (Å²) in [6, 6.07) is 19.0. The van der Waals surface area contributed by atoms with Gasteiger partial charge in [0.25, 0.3) is 5.91 Å². The zero-order valence-corrected chi connectivity index (χ0v) is 19.0. The molecule has 0 aliphatic rings. The Morgan fingerprint density at radius 3 is 2.31 bits per heavy atom. The van der Waals surface area contributed by atoms with Crippen molar-refractivity contribution in [2.75, 3.05) is 11.9 Å². The van der Waals surface area contributed by atoms with E-state index < -0.39 is 18.5 Å². The van der Waals surface area contributed by atoms with Crippen LogP contribution in [0.25, 0.3) is 27.5 Å². The van der Waals surface area contributed by atoms with Crippen LogP contribution in [0.15, 0.2) is 84.2 Å². The van der Waals surface area contributed by atoms with Crippen molar-refractivity contribution in [2.24, 2.45) is 0 Å². The lowest BCUT2D eigenvalue weighted by atomic mass is 10.1. The van der Waals surface area contributed by atoms with Gasteiger partial charge in [-0.15, -0.1) is 0 Å². The molecule has 0 spiro atoms. The molecule has 5 aromatic rings. The van der Waals surface area contributed by atoms with Crippen molar-refractivity contribution in [3.05, 3.63) is 94.6 Å². The summed E-state index contributed by atoms with van der Waals surface area (Å²) in [7, 11) is 0. The fraction of sp³-hybridized carbons (Fsp3) is 0.0800. The number of amides is 1. The normalized spacial score (nSPS) is 11.0. The van der Waals surface area contributed by atoms with Gasteiger partial charge in [-0.3, -0.25) is 14.4 Å². The number of carbonyl (C=O) groups excluding carboxylic acids is 2. The minimum atomic E-state index is -0.623. The molecule has 2 heterocycles. The molecule has 0 saturated heterocycles. The van der Waals surface area contributed by atoms with Crippen LogP contribution in [0.2, 0.25) is 5.02 Å². The number of anilines is 1. The smallest absolute Gasteiger partial charge is 0.326 e. The van der Waals surface area contributed by atoms with Gasteiger partial charge in [-0.1, -0.05) is 35.9 Å². The number of hydrogen-bond acceptors (Lipinski definition) is 6. The number of rotatable bonds is 6. The van der Waals surface area contributed by atoms with E-state index in [2.05, 4.69) is 15.4 Å². The van der Waals surface area contributed by atoms with E-state index in [1.165, 1.54) is 17.3 Å². The zero-order valence-electron chi connectivity index (χ0n) is 18.2. The Hall–Kier alpha value is -4.50. The maximum Gasteiger partial charge on any atom is 0.326 e. The van der Waals surface area contributed by atoms with Gasteiger partial charge in [-0.05, 0) is 42.5 Å². The quantitative estimate of drug-likeness (QED) is 0.290. The van der Waals surface area contributed by atoms with Crippen LogP contribution in [0, 0.1) is 0 Å². The van der Waals surface area contributed by atoms with Gasteiger partial charge in [0.1, 0.15) is 19.2 Å². The number of aromatic nitrogens is 4. The molecule has 0 unspecified atom stereocenters. The van der Waals surface area contributed by atoms with E-state index in [4.69, 9.17) is 16.3 Å². The first-order valence-electron chi connectivity index (χ1n) is 10.6. The summed E-state index contributed by atoms with van der Waals surface area (Å²) in [4.78, 5) is 42.0. The second-order valence-corrected chi connectivity index (χ2v) is 8.10. The van der Waals surface area contributed by atoms with Crippen LogP contribution in [-0.4, -0.2) is 37.8 Å². The molecular formula is C25H18ClN5O4. The molecule has 10 heteroatoms. The highest BCUT2D eigenvalue weighted by Gasteiger charge is 2.16. The fourth-order valence-electron chi connectivity index (χ4n) is 3.90. The van der Waals surface area contributed by atoms with Crippen molar-refractivity contribution in [1.82, 2.24) is 19.3 Å². The lowest BCUT2D eigenvalue weighted by Gasteiger charge is -2.15. The number of halogens is 1. The molecule has 0 aliphatic carbocycles. The molecule has 174 valence electrons. The number of fused-ring (bicyclic) bond motifs is 2. The molecule has 2 aromatic heterocycles. The molecule has 35 heavy (non-hydrogen) atoms. The van der Waals surface area contributed by atoms with Gasteiger partial charge in [-0.25, -0.2) is 9.67 Å². The highest BCUT2D eigenvalue weighted by Crippen LogP contribution is 2.24. The highest BCUT2D eigenvalue weighted by molar-refractivity contribution is 6.31. The average Bonchev–Trinajstić information content (AvgIpc) is 3.40. The van der Waals surface area contributed by atoms with Crippen LogP contribution in [0.1, 0.15) is 0 Å². The van der Waals surface area contributed by atoms with Crippen LogP contribution in [0.4, 0.5) is 5.69 Å². The molecule has 0 atom stereocenters. The Kier molecular flexibility index (Phi) is 5.99. The molecule has 5 rings (SSSR count). The topological polar surface area (TPSA) is 108 Å². The molecule has 0 aliphatic heterocycles. The molecular weight excluding hydrogens is 470 g/mol. The highest BCUT2D eigenvalue weighted by atomic mass is 35.5. The van der Waals surface area contributed by atoms with Crippen LogP contribution >= 0.6 is 11.6 Å². The Labute approximate surface area is 203 Å². The average molecular weight is 488 g/mol. The van der Waals surface area contributed by atoms with Crippen molar-refractivity contribution in [2.45, 2.75) is 6.54 Å². The van der Waals surface area contributed by atoms with Gasteiger partial charge in [0.2, 0.25) is 0 Å². The van der Waals surface area contributed by atoms with E-state index in [1.54, 1.807) is 71.3 Å². The lowest BCUT2D eigenvalue weighted by Crippen LogP contribution is -2.24. The Bertz CT molecular complexity index is 1570. The minimum Gasteiger partial charge on any atom is -0.454 e. The number of pyridine rings is 1. The Morgan fingerprint density at radius 2 is 1.66 bits per heavy atom. The Balaban J connectivity index is 1.34. The third-order valence-corrected chi connectivity index (χ3v) is 5.66. The van der Waals surface area contributed by atoms with E-state index in [0.29, 0.717) is 38.2 Å². The van der Waals surface area contributed by atoms with Crippen molar-refractivity contribution in [1.29, 1.82) is 0 Å². The summed E-state index contributed by atoms with van der Waals surface area (Å²) in [5.41, 5.74) is 2.05. The van der Waals surface area contributed by atoms with Gasteiger partial charge in [-0.2, -0.15) is 5.10 Å². The number of nitrogens with zero attached hydrogens (tertiary/aromatic N) is 4. The monoisotopic (exact) mass is 487 g/mol. The van der Waals surface area contributed by atoms with Crippen LogP contribution in [0.3, 0.4) is 0 Å². The predicted octanol–water partition coefficient (Wildman–Crippen LogP) is 3.57. The first-order valence-corrected chi connectivity index (χ1v) is 11.0. The van der Waals surface area contributed by atoms with E-state index in [1.807, 2.05) is 0 Å². The van der Waals surface area contributed by atoms with Crippen molar-refractivity contribution in [3.8, 4) is 5.69 Å². The standard InChI is InChI=1S/C25H18ClN5O4/c26-16-9-10-22(31-15-27-14-28-31)19(11-16)29-23(32)13-35-24(33)12-30-20-7-3-1-5-17(20)25(34)18-6-2-4-8-21(18)30/h1-11,14-15H,12-13H2,(H,29,32). The van der Waals surface area contributed by atoms with Crippen LogP contribution in [-0.2, 0) is 20.9 Å². The number of nitrogens with one attached hydrogen (secondary N) is 1. The summed E-state index contributed by atoms with van der Waals surface area (Å²) < 4.78 is 8.44. The van der Waals surface area contributed by atoms with Gasteiger partial charge in [0, 0.05) is 15.8 Å². The number of hydrogen-bond donors (Lipinski definition) is 1. The maximum atomic E-state index is 12.8. The number of ether oxygens (including phenoxy) is 1. The number of carbonyl (C=O) groups is 2. The largest absolute Gasteiger partial charge is 0.454 e. The van der Waals surface area contributed by atoms with Crippen molar-refractivity contribution < 1.29 is 14.3 Å². The SMILES string of the molecule is O=C(COC(=O)Cn1c2ccccc2c(=O)c2ccccc21)Nc1cc(Cl)ccc1-n1cncn1. The first-order chi connectivity index (χ1) is 17.0. The second-order valence-electron chi connectivity index (χ2n) is 7.66. The molecule has 1 amide bonds. The molecule has 3 aromatic carbocycles. The van der Waals surface area contributed by atoms with Gasteiger partial charge >= 0.3 is 5.97 Å². The lowest BCUT2D eigenvalue weighted by molar-refractivity contribution is -0.147. The van der Waals surface area contributed by atoms with E-state index >= 15 is 0 Å². The second kappa shape index (κ2) is 9.40. The van der Waals surface area contributed by atoms with Gasteiger partial charge in [0.05, 0.1) is 22.4 Å². The summed E-state index contributed by atoms with van der Waals surface area (Å²) in [6.45, 7) is -0.672. The fourth-order valence-corrected chi connectivity index (χ4v) is 4.07. The number of benzene rings is 3. The predicted molar refractivity (Wildman–Crippen MR) is 132 cm³/mol. The molecule has 0 bridgehead atoms. The molecule has 0 fully saturated rings. The summed E-state index contributed by atoms with van der Waals surface area (Å²) in [5, 5.41) is 8.16. The van der Waals surface area contributed by atoms with Crippen molar-refractivity contribution in [3.63, 3.8) is 0 Å². The molecule has 0 saturated carbocycles. The molecule has 1 N–H and O–H groups in total. The number of para-hydroxylation sites is 2. The van der Waals surface area contributed by atoms with Crippen molar-refractivity contribution >= 4 is 51.0 Å². The van der Waals surface area contributed by atoms with E-state index in [9.17, 15) is 14.4 Å². The van der Waals surface area contributed by atoms with Gasteiger partial charge in [0.15, 0.2) is 12.0 Å². The minimum absolute atomic E-state index is 0.107. The maximum absolute atomic E-state index is 12.8. The van der Waals surface area contributed by atoms with E-state index in [0.717, 1.165) is 0 Å². The third-order valence-electron chi connectivity index (χ3n) is 5.43. The Morgan fingerprint density at radius 1 is 0.971 bits per heavy atom. The first kappa shape index (κ1) is 22.3. The summed E-state index contributed by atoms with van der Waals surface area (Å²) in [5.74, 6) is -1.17. The molecule has 0 radical (unpaired) electrons. The van der Waals surface area contributed by atoms with Crippen LogP contribution < -0.4 is 10.7 Å². The van der Waals surface area contributed by atoms with Crippen LogP contribution in [0.5, 0.6) is 0 Å². The third kappa shape index (κ3) is 4.49.